The summed E-state index contributed by atoms with van der Waals surface area (Å²) in [6.07, 6.45) is 5.20. The monoisotopic (exact) mass is 348 g/mol. The van der Waals surface area contributed by atoms with Gasteiger partial charge in [0, 0.05) is 50.0 Å². The third-order valence-corrected chi connectivity index (χ3v) is 4.60. The van der Waals surface area contributed by atoms with Crippen LogP contribution >= 0.6 is 0 Å². The molecule has 5 heteroatoms. The summed E-state index contributed by atoms with van der Waals surface area (Å²) in [6.45, 7) is 13.8. The molecule has 0 spiro atoms. The van der Waals surface area contributed by atoms with Crippen molar-refractivity contribution in [2.24, 2.45) is 0 Å². The lowest BCUT2D eigenvalue weighted by Gasteiger charge is -2.26. The van der Waals surface area contributed by atoms with Gasteiger partial charge in [-0.15, -0.1) is 0 Å². The van der Waals surface area contributed by atoms with E-state index in [0.717, 1.165) is 52.2 Å². The zero-order valence-electron chi connectivity index (χ0n) is 16.3. The Morgan fingerprint density at radius 2 is 1.96 bits per heavy atom. The fourth-order valence-electron chi connectivity index (χ4n) is 3.18. The molecule has 0 bridgehead atoms. The summed E-state index contributed by atoms with van der Waals surface area (Å²) in [6, 6.07) is 5.43. The quantitative estimate of drug-likeness (QED) is 0.598. The number of morpholine rings is 1. The molecule has 1 aromatic rings. The summed E-state index contributed by atoms with van der Waals surface area (Å²) in [4.78, 5) is 6.99. The van der Waals surface area contributed by atoms with Crippen LogP contribution in [0.3, 0.4) is 0 Å². The van der Waals surface area contributed by atoms with Crippen molar-refractivity contribution in [2.75, 3.05) is 45.9 Å². The highest BCUT2D eigenvalue weighted by atomic mass is 16.5. The zero-order chi connectivity index (χ0) is 17.9. The van der Waals surface area contributed by atoms with Crippen molar-refractivity contribution in [1.29, 1.82) is 0 Å². The van der Waals surface area contributed by atoms with Crippen molar-refractivity contribution in [3.8, 4) is 0 Å². The molecule has 25 heavy (non-hydrogen) atoms. The van der Waals surface area contributed by atoms with Gasteiger partial charge >= 0.3 is 0 Å². The lowest BCUT2D eigenvalue weighted by molar-refractivity contribution is 0.0374. The topological polar surface area (TPSA) is 49.4 Å². The Morgan fingerprint density at radius 1 is 1.16 bits per heavy atom. The molecule has 0 radical (unpaired) electrons. The SMILES string of the molecule is CC(C)NCCc1cc(CC(C)NCCCN2CCOCC2)ccn1. The van der Waals surface area contributed by atoms with Crippen LogP contribution in [0.4, 0.5) is 0 Å². The van der Waals surface area contributed by atoms with E-state index in [1.165, 1.54) is 24.2 Å². The maximum Gasteiger partial charge on any atom is 0.0594 e. The Balaban J connectivity index is 1.63. The van der Waals surface area contributed by atoms with Gasteiger partial charge in [0.15, 0.2) is 0 Å². The van der Waals surface area contributed by atoms with Crippen LogP contribution in [0.15, 0.2) is 18.3 Å². The summed E-state index contributed by atoms with van der Waals surface area (Å²) in [7, 11) is 0. The molecule has 1 aliphatic rings. The number of aromatic nitrogens is 1. The molecule has 1 aliphatic heterocycles. The molecule has 0 aromatic carbocycles. The molecule has 0 aliphatic carbocycles. The van der Waals surface area contributed by atoms with Gasteiger partial charge in [0.1, 0.15) is 0 Å². The van der Waals surface area contributed by atoms with Crippen LogP contribution in [0.2, 0.25) is 0 Å². The first-order chi connectivity index (χ1) is 12.1. The van der Waals surface area contributed by atoms with E-state index < -0.39 is 0 Å². The van der Waals surface area contributed by atoms with Gasteiger partial charge in [-0.3, -0.25) is 9.88 Å². The molecule has 1 atom stereocenters. The van der Waals surface area contributed by atoms with Crippen LogP contribution < -0.4 is 10.6 Å². The van der Waals surface area contributed by atoms with Gasteiger partial charge < -0.3 is 15.4 Å². The molecule has 1 unspecified atom stereocenters. The third kappa shape index (κ3) is 8.77. The van der Waals surface area contributed by atoms with E-state index in [9.17, 15) is 0 Å². The normalized spacial score (nSPS) is 17.1. The second kappa shape index (κ2) is 11.6. The summed E-state index contributed by atoms with van der Waals surface area (Å²) in [5.74, 6) is 0. The van der Waals surface area contributed by atoms with E-state index >= 15 is 0 Å². The fourth-order valence-corrected chi connectivity index (χ4v) is 3.18. The van der Waals surface area contributed by atoms with Gasteiger partial charge in [0.05, 0.1) is 13.2 Å². The maximum absolute atomic E-state index is 5.39. The summed E-state index contributed by atoms with van der Waals surface area (Å²) in [5, 5.41) is 7.11. The Kier molecular flexibility index (Phi) is 9.40. The van der Waals surface area contributed by atoms with Gasteiger partial charge in [-0.05, 0) is 50.6 Å². The van der Waals surface area contributed by atoms with E-state index in [-0.39, 0.29) is 0 Å². The van der Waals surface area contributed by atoms with Crippen LogP contribution in [0, 0.1) is 0 Å². The number of hydrogen-bond acceptors (Lipinski definition) is 5. The molecular weight excluding hydrogens is 312 g/mol. The minimum atomic E-state index is 0.494. The molecule has 1 saturated heterocycles. The van der Waals surface area contributed by atoms with Crippen LogP contribution in [-0.4, -0.2) is 67.9 Å². The molecule has 142 valence electrons. The minimum absolute atomic E-state index is 0.494. The van der Waals surface area contributed by atoms with Gasteiger partial charge in [-0.25, -0.2) is 0 Å². The van der Waals surface area contributed by atoms with Crippen LogP contribution in [-0.2, 0) is 17.6 Å². The van der Waals surface area contributed by atoms with Crippen LogP contribution in [0.5, 0.6) is 0 Å². The molecule has 2 heterocycles. The van der Waals surface area contributed by atoms with E-state index in [1.807, 2.05) is 6.20 Å². The average molecular weight is 349 g/mol. The molecule has 2 N–H and O–H groups in total. The molecule has 0 saturated carbocycles. The second-order valence-corrected chi connectivity index (χ2v) is 7.38. The molecule has 2 rings (SSSR count). The van der Waals surface area contributed by atoms with Crippen molar-refractivity contribution >= 4 is 0 Å². The smallest absolute Gasteiger partial charge is 0.0594 e. The lowest BCUT2D eigenvalue weighted by Crippen LogP contribution is -2.38. The molecule has 1 fully saturated rings. The standard InChI is InChI=1S/C20H36N4O/c1-17(2)21-9-6-20-16-19(5-8-23-20)15-18(3)22-7-4-10-24-11-13-25-14-12-24/h5,8,16-18,21-22H,4,6-7,9-15H2,1-3H3. The van der Waals surface area contributed by atoms with E-state index in [0.29, 0.717) is 12.1 Å². The predicted molar refractivity (Wildman–Crippen MR) is 104 cm³/mol. The third-order valence-electron chi connectivity index (χ3n) is 4.60. The largest absolute Gasteiger partial charge is 0.379 e. The summed E-state index contributed by atoms with van der Waals surface area (Å²) in [5.41, 5.74) is 2.56. The molecule has 5 nitrogen and oxygen atoms in total. The predicted octanol–water partition coefficient (Wildman–Crippen LogP) is 1.87. The molecular formula is C20H36N4O. The number of ether oxygens (including phenoxy) is 1. The first-order valence-corrected chi connectivity index (χ1v) is 9.84. The second-order valence-electron chi connectivity index (χ2n) is 7.38. The minimum Gasteiger partial charge on any atom is -0.379 e. The van der Waals surface area contributed by atoms with Crippen molar-refractivity contribution in [3.05, 3.63) is 29.6 Å². The summed E-state index contributed by atoms with van der Waals surface area (Å²) >= 11 is 0. The fraction of sp³-hybridized carbons (Fsp3) is 0.750. The Morgan fingerprint density at radius 3 is 2.72 bits per heavy atom. The molecule has 1 aromatic heterocycles. The van der Waals surface area contributed by atoms with Gasteiger partial charge in [-0.1, -0.05) is 13.8 Å². The maximum atomic E-state index is 5.39. The van der Waals surface area contributed by atoms with Crippen molar-refractivity contribution in [3.63, 3.8) is 0 Å². The highest BCUT2D eigenvalue weighted by Crippen LogP contribution is 2.06. The Labute approximate surface area is 153 Å². The van der Waals surface area contributed by atoms with Crippen LogP contribution in [0.1, 0.15) is 38.4 Å². The Bertz CT molecular complexity index is 475. The number of rotatable bonds is 11. The highest BCUT2D eigenvalue weighted by molar-refractivity contribution is 5.17. The van der Waals surface area contributed by atoms with E-state index in [1.54, 1.807) is 0 Å². The lowest BCUT2D eigenvalue weighted by atomic mass is 10.1. The van der Waals surface area contributed by atoms with Crippen molar-refractivity contribution in [1.82, 2.24) is 20.5 Å². The highest BCUT2D eigenvalue weighted by Gasteiger charge is 2.10. The zero-order valence-corrected chi connectivity index (χ0v) is 16.3. The first-order valence-electron chi connectivity index (χ1n) is 9.84. The molecule has 0 amide bonds. The van der Waals surface area contributed by atoms with E-state index in [2.05, 4.69) is 53.4 Å². The van der Waals surface area contributed by atoms with Crippen molar-refractivity contribution < 1.29 is 4.74 Å². The van der Waals surface area contributed by atoms with E-state index in [4.69, 9.17) is 4.74 Å². The first kappa shape index (κ1) is 20.3. The number of pyridine rings is 1. The summed E-state index contributed by atoms with van der Waals surface area (Å²) < 4.78 is 5.39. The number of nitrogens with zero attached hydrogens (tertiary/aromatic N) is 2. The Hall–Kier alpha value is -1.01. The van der Waals surface area contributed by atoms with Crippen molar-refractivity contribution in [2.45, 2.75) is 52.1 Å². The van der Waals surface area contributed by atoms with Gasteiger partial charge in [-0.2, -0.15) is 0 Å². The average Bonchev–Trinajstić information content (AvgIpc) is 2.60. The number of hydrogen-bond donors (Lipinski definition) is 2. The number of nitrogens with one attached hydrogen (secondary N) is 2. The van der Waals surface area contributed by atoms with Gasteiger partial charge in [0.25, 0.3) is 0 Å². The van der Waals surface area contributed by atoms with Crippen LogP contribution in [0.25, 0.3) is 0 Å². The van der Waals surface area contributed by atoms with Gasteiger partial charge in [0.2, 0.25) is 0 Å².